The molecule has 0 fully saturated rings. The third-order valence-corrected chi connectivity index (χ3v) is 4.46. The Morgan fingerprint density at radius 3 is 2.49 bits per heavy atom. The average molecular weight is 515 g/mol. The van der Waals surface area contributed by atoms with Crippen LogP contribution in [-0.4, -0.2) is 38.8 Å². The predicted molar refractivity (Wildman–Crippen MR) is 125 cm³/mol. The number of allylic oxidation sites excluding steroid dienone is 4. The van der Waals surface area contributed by atoms with Gasteiger partial charge in [0.05, 0.1) is 42.7 Å². The second-order valence-corrected chi connectivity index (χ2v) is 6.57. The van der Waals surface area contributed by atoms with Crippen LogP contribution >= 0.6 is 11.6 Å². The number of nitrogens with zero attached hydrogens (tertiary/aromatic N) is 4. The first-order chi connectivity index (χ1) is 16.7. The molecule has 188 valence electrons. The number of aromatic nitrogens is 3. The largest absolute Gasteiger partial charge is 0.465 e. The molecule has 0 aromatic carbocycles. The van der Waals surface area contributed by atoms with Crippen molar-refractivity contribution in [2.45, 2.75) is 26.4 Å². The van der Waals surface area contributed by atoms with E-state index in [9.17, 15) is 27.6 Å². The van der Waals surface area contributed by atoms with Gasteiger partial charge < -0.3 is 9.94 Å². The van der Waals surface area contributed by atoms with Crippen LogP contribution in [0.4, 0.5) is 17.6 Å². The highest BCUT2D eigenvalue weighted by Crippen LogP contribution is 2.35. The highest BCUT2D eigenvalue weighted by Gasteiger charge is 2.39. The van der Waals surface area contributed by atoms with E-state index in [-0.39, 0.29) is 23.5 Å². The summed E-state index contributed by atoms with van der Waals surface area (Å²) in [6.45, 7) is 7.47. The van der Waals surface area contributed by atoms with Crippen LogP contribution in [-0.2, 0) is 15.7 Å². The fourth-order valence-electron chi connectivity index (χ4n) is 2.68. The number of carbonyl (C=O) groups excluding carboxylic acids is 1. The van der Waals surface area contributed by atoms with E-state index >= 15 is 0 Å². The highest BCUT2D eigenvalue weighted by atomic mass is 35.5. The van der Waals surface area contributed by atoms with E-state index < -0.39 is 40.3 Å². The predicted octanol–water partition coefficient (Wildman–Crippen LogP) is 6.25. The third-order valence-electron chi connectivity index (χ3n) is 4.10. The second kappa shape index (κ2) is 13.9. The fourth-order valence-corrected chi connectivity index (χ4v) is 2.90. The zero-order valence-electron chi connectivity index (χ0n) is 19.1. The molecular weight excluding hydrogens is 492 g/mol. The topological polar surface area (TPSA) is 89.6 Å². The monoisotopic (exact) mass is 514 g/mol. The number of halogens is 5. The number of ether oxygens (including phenoxy) is 1. The smallest absolute Gasteiger partial charge is 0.434 e. The lowest BCUT2D eigenvalue weighted by Crippen LogP contribution is -2.18. The van der Waals surface area contributed by atoms with Crippen LogP contribution in [0.1, 0.15) is 31.5 Å². The Morgan fingerprint density at radius 1 is 1.31 bits per heavy atom. The van der Waals surface area contributed by atoms with Gasteiger partial charge in [-0.2, -0.15) is 18.3 Å². The molecule has 35 heavy (non-hydrogen) atoms. The fraction of sp³-hybridized carbons (Fsp3) is 0.217. The van der Waals surface area contributed by atoms with Gasteiger partial charge in [0.1, 0.15) is 5.71 Å². The Morgan fingerprint density at radius 2 is 2.00 bits per heavy atom. The first kappa shape index (κ1) is 29.3. The molecular formula is C23H23ClF4N4O3. The van der Waals surface area contributed by atoms with Crippen molar-refractivity contribution in [1.29, 1.82) is 0 Å². The van der Waals surface area contributed by atoms with Gasteiger partial charge in [-0.15, -0.1) is 6.58 Å². The molecule has 0 spiro atoms. The van der Waals surface area contributed by atoms with Crippen molar-refractivity contribution < 1.29 is 32.3 Å². The van der Waals surface area contributed by atoms with E-state index in [2.05, 4.69) is 26.6 Å². The lowest BCUT2D eigenvalue weighted by atomic mass is 10.00. The van der Waals surface area contributed by atoms with Crippen LogP contribution in [0.3, 0.4) is 0 Å². The molecule has 0 saturated carbocycles. The Balaban J connectivity index is 0.00000298. The Kier molecular flexibility index (Phi) is 11.6. The van der Waals surface area contributed by atoms with Crippen molar-refractivity contribution in [3.05, 3.63) is 83.2 Å². The quantitative estimate of drug-likeness (QED) is 0.0657. The molecule has 0 atom stereocenters. The second-order valence-electron chi connectivity index (χ2n) is 6.17. The molecule has 0 aliphatic heterocycles. The number of esters is 1. The lowest BCUT2D eigenvalue weighted by molar-refractivity contribution is -0.143. The van der Waals surface area contributed by atoms with Crippen LogP contribution < -0.4 is 0 Å². The van der Waals surface area contributed by atoms with E-state index in [1.54, 1.807) is 0 Å². The summed E-state index contributed by atoms with van der Waals surface area (Å²) in [6.07, 6.45) is 2.03. The molecule has 2 heterocycles. The summed E-state index contributed by atoms with van der Waals surface area (Å²) in [6, 6.07) is 2.76. The summed E-state index contributed by atoms with van der Waals surface area (Å²) in [4.78, 5) is 16.2. The van der Waals surface area contributed by atoms with E-state index in [1.807, 2.05) is 13.8 Å². The summed E-state index contributed by atoms with van der Waals surface area (Å²) >= 11 is 6.01. The van der Waals surface area contributed by atoms with E-state index in [1.165, 1.54) is 30.5 Å². The summed E-state index contributed by atoms with van der Waals surface area (Å²) in [5, 5.41) is 15.8. The molecule has 0 unspecified atom stereocenters. The molecule has 2 aromatic rings. The van der Waals surface area contributed by atoms with Crippen LogP contribution in [0, 0.1) is 0 Å². The Labute approximate surface area is 204 Å². The number of oxime groups is 1. The van der Waals surface area contributed by atoms with Crippen molar-refractivity contribution in [3.8, 4) is 5.69 Å². The Hall–Kier alpha value is -3.73. The van der Waals surface area contributed by atoms with E-state index in [4.69, 9.17) is 11.6 Å². The molecule has 0 bridgehead atoms. The molecule has 0 aliphatic carbocycles. The maximum Gasteiger partial charge on any atom is 0.434 e. The van der Waals surface area contributed by atoms with Crippen molar-refractivity contribution in [2.24, 2.45) is 5.16 Å². The lowest BCUT2D eigenvalue weighted by Gasteiger charge is -2.13. The van der Waals surface area contributed by atoms with Crippen LogP contribution in [0.5, 0.6) is 0 Å². The molecule has 1 N–H and O–H groups in total. The first-order valence-electron chi connectivity index (χ1n) is 10.0. The van der Waals surface area contributed by atoms with Crippen molar-refractivity contribution in [3.63, 3.8) is 0 Å². The first-order valence-corrected chi connectivity index (χ1v) is 10.4. The highest BCUT2D eigenvalue weighted by molar-refractivity contribution is 6.40. The zero-order chi connectivity index (χ0) is 26.6. The van der Waals surface area contributed by atoms with E-state index in [0.29, 0.717) is 10.8 Å². The van der Waals surface area contributed by atoms with Gasteiger partial charge in [-0.3, -0.25) is 4.98 Å². The number of rotatable bonds is 8. The van der Waals surface area contributed by atoms with Gasteiger partial charge in [0, 0.05) is 16.8 Å². The van der Waals surface area contributed by atoms with Crippen LogP contribution in [0.25, 0.3) is 11.8 Å². The maximum absolute atomic E-state index is 13.9. The standard InChI is InChI=1S/C21H17ClF4N4O3.C2H6/c1-3-4-7-17(22)16(10-23)18(29-32)15(20(31)33-2)9-13-11-28-30(19(13)21(24,25)26)14-6-5-8-27-12-14;1-2/h3,5-12,32H,1,4H2,2H3;1-2H3/b15-9-,16-10-,17-7?,29-18+;. The molecule has 7 nitrogen and oxygen atoms in total. The normalized spacial score (nSPS) is 13.1. The average Bonchev–Trinajstić information content (AvgIpc) is 3.30. The van der Waals surface area contributed by atoms with Crippen molar-refractivity contribution in [1.82, 2.24) is 14.8 Å². The molecule has 0 radical (unpaired) electrons. The van der Waals surface area contributed by atoms with Gasteiger partial charge in [-0.25, -0.2) is 13.9 Å². The van der Waals surface area contributed by atoms with Gasteiger partial charge in [0.25, 0.3) is 0 Å². The molecule has 2 rings (SSSR count). The van der Waals surface area contributed by atoms with Crippen molar-refractivity contribution >= 4 is 29.4 Å². The molecule has 0 amide bonds. The van der Waals surface area contributed by atoms with Gasteiger partial charge in [-0.05, 0) is 24.6 Å². The minimum atomic E-state index is -4.92. The number of alkyl halides is 3. The summed E-state index contributed by atoms with van der Waals surface area (Å²) in [5.41, 5.74) is -3.86. The zero-order valence-corrected chi connectivity index (χ0v) is 19.8. The number of carbonyl (C=O) groups is 1. The van der Waals surface area contributed by atoms with Crippen molar-refractivity contribution in [2.75, 3.05) is 7.11 Å². The van der Waals surface area contributed by atoms with E-state index in [0.717, 1.165) is 19.5 Å². The number of methoxy groups -OCH3 is 1. The van der Waals surface area contributed by atoms with Gasteiger partial charge in [-0.1, -0.05) is 42.8 Å². The minimum Gasteiger partial charge on any atom is -0.465 e. The minimum absolute atomic E-state index is 0.000104. The number of hydrogen-bond donors (Lipinski definition) is 1. The molecule has 2 aromatic heterocycles. The third kappa shape index (κ3) is 7.38. The number of pyridine rings is 1. The summed E-state index contributed by atoms with van der Waals surface area (Å²) in [5.74, 6) is -1.21. The molecule has 0 saturated heterocycles. The van der Waals surface area contributed by atoms with Gasteiger partial charge in [0.15, 0.2) is 5.69 Å². The number of hydrogen-bond acceptors (Lipinski definition) is 6. The SMILES string of the molecule is C=CCC=C(Cl)C(=C/F)/C(=N/O)C(=C/c1cnn(-c2cccnc2)c1C(F)(F)F)/C(=O)OC.CC. The van der Waals surface area contributed by atoms with Gasteiger partial charge in [0.2, 0.25) is 0 Å². The maximum atomic E-state index is 13.9. The molecule has 0 aliphatic rings. The summed E-state index contributed by atoms with van der Waals surface area (Å²) in [7, 11) is 0.947. The molecule has 12 heteroatoms. The van der Waals surface area contributed by atoms with Crippen LogP contribution in [0.2, 0.25) is 0 Å². The van der Waals surface area contributed by atoms with Crippen LogP contribution in [0.15, 0.2) is 77.1 Å². The summed E-state index contributed by atoms with van der Waals surface area (Å²) < 4.78 is 60.6. The Bertz CT molecular complexity index is 1140. The van der Waals surface area contributed by atoms with Gasteiger partial charge >= 0.3 is 12.1 Å².